The Morgan fingerprint density at radius 3 is 1.88 bits per heavy atom. The van der Waals surface area contributed by atoms with E-state index in [1.165, 1.54) is 0 Å². The van der Waals surface area contributed by atoms with E-state index in [0.29, 0.717) is 9.79 Å². The summed E-state index contributed by atoms with van der Waals surface area (Å²) in [7, 11) is -3.36. The van der Waals surface area contributed by atoms with Gasteiger partial charge in [0.15, 0.2) is 9.84 Å². The molecule has 2 nitrogen and oxygen atoms in total. The van der Waals surface area contributed by atoms with Crippen molar-refractivity contribution in [3.8, 4) is 0 Å². The minimum atomic E-state index is -3.36. The van der Waals surface area contributed by atoms with Crippen LogP contribution in [0.3, 0.4) is 0 Å². The van der Waals surface area contributed by atoms with Crippen LogP contribution in [-0.4, -0.2) is 8.42 Å². The van der Waals surface area contributed by atoms with Gasteiger partial charge in [-0.2, -0.15) is 30.3 Å². The standard InChI is InChI=1S/C12H9O2S.Li/c13-15(14,11-7-3-1-4-8-11)12-9-5-2-6-10-12;/h1,3-10H;/q-1;+1. The first-order valence-electron chi connectivity index (χ1n) is 4.47. The fourth-order valence-corrected chi connectivity index (χ4v) is 2.57. The van der Waals surface area contributed by atoms with Gasteiger partial charge < -0.3 is 0 Å². The van der Waals surface area contributed by atoms with Crippen molar-refractivity contribution in [3.63, 3.8) is 0 Å². The predicted molar refractivity (Wildman–Crippen MR) is 57.2 cm³/mol. The molecule has 16 heavy (non-hydrogen) atoms. The van der Waals surface area contributed by atoms with Crippen LogP contribution in [0.1, 0.15) is 0 Å². The molecule has 2 rings (SSSR count). The van der Waals surface area contributed by atoms with Crippen molar-refractivity contribution in [2.75, 3.05) is 0 Å². The maximum atomic E-state index is 12.0. The molecule has 0 bridgehead atoms. The second-order valence-corrected chi connectivity index (χ2v) is 5.00. The molecule has 0 saturated heterocycles. The van der Waals surface area contributed by atoms with Crippen LogP contribution in [0.15, 0.2) is 64.4 Å². The quantitative estimate of drug-likeness (QED) is 0.500. The zero-order valence-electron chi connectivity index (χ0n) is 8.92. The smallest absolute Gasteiger partial charge is 0.221 e. The largest absolute Gasteiger partial charge is 1.00 e. The maximum Gasteiger partial charge on any atom is 1.00 e. The summed E-state index contributed by atoms with van der Waals surface area (Å²) in [6.07, 6.45) is 0. The molecule has 0 heterocycles. The van der Waals surface area contributed by atoms with Crippen LogP contribution in [0.25, 0.3) is 0 Å². The van der Waals surface area contributed by atoms with Crippen molar-refractivity contribution in [1.82, 2.24) is 0 Å². The summed E-state index contributed by atoms with van der Waals surface area (Å²) in [5, 5.41) is 0. The Kier molecular flexibility index (Phi) is 4.37. The van der Waals surface area contributed by atoms with Gasteiger partial charge in [0.1, 0.15) is 0 Å². The zero-order chi connectivity index (χ0) is 10.7. The third kappa shape index (κ3) is 2.56. The molecule has 0 atom stereocenters. The van der Waals surface area contributed by atoms with Gasteiger partial charge in [0.25, 0.3) is 0 Å². The van der Waals surface area contributed by atoms with Gasteiger partial charge in [0.05, 0.1) is 4.90 Å². The van der Waals surface area contributed by atoms with Crippen molar-refractivity contribution >= 4 is 9.84 Å². The summed E-state index contributed by atoms with van der Waals surface area (Å²) in [6, 6.07) is 17.5. The molecule has 0 aliphatic carbocycles. The van der Waals surface area contributed by atoms with Crippen molar-refractivity contribution in [2.45, 2.75) is 9.79 Å². The summed E-state index contributed by atoms with van der Waals surface area (Å²) < 4.78 is 24.0. The van der Waals surface area contributed by atoms with Gasteiger partial charge in [-0.15, -0.1) is 0 Å². The van der Waals surface area contributed by atoms with E-state index in [4.69, 9.17) is 0 Å². The molecule has 76 valence electrons. The molecule has 0 unspecified atom stereocenters. The van der Waals surface area contributed by atoms with Gasteiger partial charge in [-0.25, -0.2) is 8.42 Å². The predicted octanol–water partition coefficient (Wildman–Crippen LogP) is -0.676. The zero-order valence-corrected chi connectivity index (χ0v) is 9.74. The van der Waals surface area contributed by atoms with Crippen molar-refractivity contribution in [1.29, 1.82) is 0 Å². The van der Waals surface area contributed by atoms with E-state index >= 15 is 0 Å². The van der Waals surface area contributed by atoms with Crippen LogP contribution < -0.4 is 18.9 Å². The van der Waals surface area contributed by atoms with Crippen molar-refractivity contribution < 1.29 is 27.3 Å². The van der Waals surface area contributed by atoms with E-state index < -0.39 is 9.84 Å². The van der Waals surface area contributed by atoms with Gasteiger partial charge in [-0.3, -0.25) is 0 Å². The van der Waals surface area contributed by atoms with Gasteiger partial charge in [0.2, 0.25) is 0 Å². The molecule has 4 heteroatoms. The molecular formula is C12H9LiO2S. The number of sulfone groups is 1. The summed E-state index contributed by atoms with van der Waals surface area (Å²) in [5.74, 6) is 0. The summed E-state index contributed by atoms with van der Waals surface area (Å²) >= 11 is 0. The number of hydrogen-bond acceptors (Lipinski definition) is 2. The van der Waals surface area contributed by atoms with Crippen LogP contribution in [0.5, 0.6) is 0 Å². The van der Waals surface area contributed by atoms with E-state index in [1.54, 1.807) is 54.6 Å². The van der Waals surface area contributed by atoms with Crippen molar-refractivity contribution in [3.05, 3.63) is 60.7 Å². The summed E-state index contributed by atoms with van der Waals surface area (Å²) in [4.78, 5) is 0.614. The molecule has 0 aliphatic heterocycles. The maximum absolute atomic E-state index is 12.0. The minimum absolute atomic E-state index is 0. The first-order chi connectivity index (χ1) is 7.21. The molecule has 0 amide bonds. The average Bonchev–Trinajstić information content (AvgIpc) is 2.31. The number of rotatable bonds is 2. The van der Waals surface area contributed by atoms with Crippen LogP contribution in [0.2, 0.25) is 0 Å². The third-order valence-electron chi connectivity index (χ3n) is 2.05. The number of hydrogen-bond donors (Lipinski definition) is 0. The Morgan fingerprint density at radius 1 is 0.812 bits per heavy atom. The molecule has 2 aromatic carbocycles. The van der Waals surface area contributed by atoms with Crippen LogP contribution in [0.4, 0.5) is 0 Å². The topological polar surface area (TPSA) is 34.1 Å². The monoisotopic (exact) mass is 224 g/mol. The van der Waals surface area contributed by atoms with E-state index in [1.807, 2.05) is 0 Å². The second-order valence-electron chi connectivity index (χ2n) is 3.05. The molecule has 0 saturated carbocycles. The second kappa shape index (κ2) is 5.36. The molecule has 0 aliphatic rings. The van der Waals surface area contributed by atoms with E-state index in [0.717, 1.165) is 0 Å². The van der Waals surface area contributed by atoms with Gasteiger partial charge in [-0.05, 0) is 17.0 Å². The summed E-state index contributed by atoms with van der Waals surface area (Å²) in [6.45, 7) is 0. The Balaban J connectivity index is 0.00000128. The average molecular weight is 224 g/mol. The molecule has 0 spiro atoms. The molecule has 0 radical (unpaired) electrons. The molecule has 0 aromatic heterocycles. The Morgan fingerprint density at radius 2 is 1.31 bits per heavy atom. The van der Waals surface area contributed by atoms with E-state index in [-0.39, 0.29) is 18.9 Å². The normalized spacial score (nSPS) is 10.5. The Labute approximate surface area is 107 Å². The van der Waals surface area contributed by atoms with Crippen LogP contribution in [-0.2, 0) is 9.84 Å². The molecule has 0 fully saturated rings. The first-order valence-corrected chi connectivity index (χ1v) is 5.96. The molecule has 0 N–H and O–H groups in total. The SMILES string of the molecule is O=S(=O)(c1cc[c-]cc1)c1ccccc1.[Li+]. The fraction of sp³-hybridized carbons (Fsp3) is 0. The molecule has 2 aromatic rings. The van der Waals surface area contributed by atoms with Crippen LogP contribution >= 0.6 is 0 Å². The number of benzene rings is 2. The van der Waals surface area contributed by atoms with E-state index in [2.05, 4.69) is 6.07 Å². The van der Waals surface area contributed by atoms with Gasteiger partial charge in [-0.1, -0.05) is 18.2 Å². The molecular weight excluding hydrogens is 215 g/mol. The Hall–Kier alpha value is -1.01. The van der Waals surface area contributed by atoms with Crippen molar-refractivity contribution in [2.24, 2.45) is 0 Å². The summed E-state index contributed by atoms with van der Waals surface area (Å²) in [5.41, 5.74) is 0. The Bertz CT molecular complexity index is 490. The van der Waals surface area contributed by atoms with Gasteiger partial charge >= 0.3 is 18.9 Å². The first kappa shape index (κ1) is 13.1. The van der Waals surface area contributed by atoms with Gasteiger partial charge in [0, 0.05) is 0 Å². The minimum Gasteiger partial charge on any atom is -0.221 e. The fourth-order valence-electron chi connectivity index (χ4n) is 1.29. The van der Waals surface area contributed by atoms with Crippen LogP contribution in [0, 0.1) is 6.07 Å². The third-order valence-corrected chi connectivity index (χ3v) is 3.84. The van der Waals surface area contributed by atoms with E-state index in [9.17, 15) is 8.42 Å².